The van der Waals surface area contributed by atoms with Gasteiger partial charge in [-0.3, -0.25) is 0 Å². The lowest BCUT2D eigenvalue weighted by Gasteiger charge is -2.14. The van der Waals surface area contributed by atoms with Crippen molar-refractivity contribution in [3.8, 4) is 0 Å². The van der Waals surface area contributed by atoms with Crippen molar-refractivity contribution in [2.45, 2.75) is 19.0 Å². The molecule has 1 aromatic rings. The molecule has 1 aliphatic rings. The highest BCUT2D eigenvalue weighted by Gasteiger charge is 2.36. The van der Waals surface area contributed by atoms with E-state index in [1.807, 2.05) is 30.3 Å². The monoisotopic (exact) mass is 241 g/mol. The van der Waals surface area contributed by atoms with E-state index in [0.29, 0.717) is 0 Å². The van der Waals surface area contributed by atoms with Crippen molar-refractivity contribution in [3.05, 3.63) is 35.9 Å². The summed E-state index contributed by atoms with van der Waals surface area (Å²) in [5, 5.41) is 0. The van der Waals surface area contributed by atoms with E-state index >= 15 is 0 Å². The smallest absolute Gasteiger partial charge is 0.410 e. The average molecular weight is 241 g/mol. The lowest BCUT2D eigenvalue weighted by molar-refractivity contribution is 0.101. The Morgan fingerprint density at radius 1 is 1.24 bits per heavy atom. The third-order valence-electron chi connectivity index (χ3n) is 2.65. The predicted octanol–water partition coefficient (Wildman–Crippen LogP) is 2.32. The Balaban J connectivity index is 1.82. The number of ether oxygens (including phenoxy) is 1. The molecule has 2 rings (SSSR count). The Bertz CT molecular complexity index is 375. The molecule has 92 valence electrons. The lowest BCUT2D eigenvalue weighted by atomic mass is 10.2. The number of nitrogens with zero attached hydrogens (tertiary/aromatic N) is 1. The summed E-state index contributed by atoms with van der Waals surface area (Å²) >= 11 is 0. The van der Waals surface area contributed by atoms with Gasteiger partial charge in [0.05, 0.1) is 13.1 Å². The number of amides is 1. The van der Waals surface area contributed by atoms with Gasteiger partial charge >= 0.3 is 6.09 Å². The van der Waals surface area contributed by atoms with Gasteiger partial charge in [-0.15, -0.1) is 0 Å². The molecule has 2 unspecified atom stereocenters. The average Bonchev–Trinajstić information content (AvgIpc) is 2.68. The number of hydrogen-bond acceptors (Lipinski definition) is 2. The highest BCUT2D eigenvalue weighted by molar-refractivity contribution is 5.68. The molecule has 1 fully saturated rings. The molecule has 5 heteroatoms. The van der Waals surface area contributed by atoms with Gasteiger partial charge in [0, 0.05) is 0 Å². The van der Waals surface area contributed by atoms with Gasteiger partial charge in [-0.1, -0.05) is 30.3 Å². The van der Waals surface area contributed by atoms with Crippen molar-refractivity contribution in [2.75, 3.05) is 13.1 Å². The molecule has 0 bridgehead atoms. The fourth-order valence-electron chi connectivity index (χ4n) is 1.68. The van der Waals surface area contributed by atoms with Crippen LogP contribution in [-0.2, 0) is 11.3 Å². The van der Waals surface area contributed by atoms with Gasteiger partial charge < -0.3 is 9.64 Å². The van der Waals surface area contributed by atoms with Crippen LogP contribution in [-0.4, -0.2) is 36.4 Å². The van der Waals surface area contributed by atoms with Crippen molar-refractivity contribution >= 4 is 6.09 Å². The lowest BCUT2D eigenvalue weighted by Crippen LogP contribution is -2.29. The maximum Gasteiger partial charge on any atom is 0.410 e. The molecule has 1 aliphatic heterocycles. The number of alkyl halides is 2. The number of benzene rings is 1. The van der Waals surface area contributed by atoms with Crippen LogP contribution in [0.4, 0.5) is 13.6 Å². The Morgan fingerprint density at radius 3 is 2.41 bits per heavy atom. The second-order valence-corrected chi connectivity index (χ2v) is 3.98. The number of carbonyl (C=O) groups is 1. The largest absolute Gasteiger partial charge is 0.445 e. The highest BCUT2D eigenvalue weighted by Crippen LogP contribution is 2.17. The maximum atomic E-state index is 12.9. The molecule has 0 saturated carbocycles. The van der Waals surface area contributed by atoms with Crippen LogP contribution in [0.25, 0.3) is 0 Å². The van der Waals surface area contributed by atoms with Crippen LogP contribution in [0, 0.1) is 0 Å². The summed E-state index contributed by atoms with van der Waals surface area (Å²) in [5.41, 5.74) is 0.841. The minimum atomic E-state index is -1.60. The summed E-state index contributed by atoms with van der Waals surface area (Å²) in [6, 6.07) is 9.13. The normalized spacial score (nSPS) is 23.8. The Morgan fingerprint density at radius 2 is 1.82 bits per heavy atom. The van der Waals surface area contributed by atoms with Gasteiger partial charge in [-0.25, -0.2) is 13.6 Å². The highest BCUT2D eigenvalue weighted by atomic mass is 19.2. The van der Waals surface area contributed by atoms with E-state index in [2.05, 4.69) is 0 Å². The molecular weight excluding hydrogens is 228 g/mol. The first kappa shape index (κ1) is 11.8. The van der Waals surface area contributed by atoms with E-state index in [0.717, 1.165) is 10.5 Å². The Kier molecular flexibility index (Phi) is 3.56. The molecular formula is C12H13F2NO2. The number of halogens is 2. The first-order chi connectivity index (χ1) is 8.16. The first-order valence-electron chi connectivity index (χ1n) is 5.40. The zero-order valence-electron chi connectivity index (χ0n) is 9.18. The van der Waals surface area contributed by atoms with Crippen LogP contribution >= 0.6 is 0 Å². The molecule has 0 radical (unpaired) electrons. The van der Waals surface area contributed by atoms with Crippen LogP contribution in [0.3, 0.4) is 0 Å². The zero-order valence-corrected chi connectivity index (χ0v) is 9.18. The fourth-order valence-corrected chi connectivity index (χ4v) is 1.68. The summed E-state index contributed by atoms with van der Waals surface area (Å²) in [5.74, 6) is 0. The molecule has 0 spiro atoms. The van der Waals surface area contributed by atoms with Crippen LogP contribution in [0.1, 0.15) is 5.56 Å². The van der Waals surface area contributed by atoms with E-state index in [-0.39, 0.29) is 19.7 Å². The topological polar surface area (TPSA) is 29.5 Å². The number of carbonyl (C=O) groups excluding carboxylic acids is 1. The van der Waals surface area contributed by atoms with Crippen LogP contribution in [0.15, 0.2) is 30.3 Å². The van der Waals surface area contributed by atoms with Gasteiger partial charge in [0.25, 0.3) is 0 Å². The quantitative estimate of drug-likeness (QED) is 0.795. The van der Waals surface area contributed by atoms with E-state index in [9.17, 15) is 13.6 Å². The summed E-state index contributed by atoms with van der Waals surface area (Å²) in [6.07, 6.45) is -3.87. The van der Waals surface area contributed by atoms with Crippen molar-refractivity contribution in [2.24, 2.45) is 0 Å². The molecule has 17 heavy (non-hydrogen) atoms. The van der Waals surface area contributed by atoms with E-state index in [1.54, 1.807) is 0 Å². The van der Waals surface area contributed by atoms with Gasteiger partial charge in [-0.05, 0) is 5.56 Å². The first-order valence-corrected chi connectivity index (χ1v) is 5.40. The van der Waals surface area contributed by atoms with Gasteiger partial charge in [0.1, 0.15) is 6.61 Å². The van der Waals surface area contributed by atoms with Crippen LogP contribution in [0.5, 0.6) is 0 Å². The number of rotatable bonds is 2. The summed E-state index contributed by atoms with van der Waals surface area (Å²) in [6.45, 7) is -0.340. The molecule has 3 nitrogen and oxygen atoms in total. The van der Waals surface area contributed by atoms with Gasteiger partial charge in [0.2, 0.25) is 0 Å². The Hall–Kier alpha value is -1.65. The van der Waals surface area contributed by atoms with E-state index in [4.69, 9.17) is 4.74 Å². The minimum absolute atomic E-state index is 0.115. The van der Waals surface area contributed by atoms with E-state index < -0.39 is 18.4 Å². The van der Waals surface area contributed by atoms with Gasteiger partial charge in [0.15, 0.2) is 12.3 Å². The molecule has 2 atom stereocenters. The summed E-state index contributed by atoms with van der Waals surface area (Å²) < 4.78 is 30.7. The van der Waals surface area contributed by atoms with Crippen molar-refractivity contribution in [1.82, 2.24) is 4.90 Å². The SMILES string of the molecule is O=C(OCc1ccccc1)N1CC(F)C(F)C1. The Labute approximate surface area is 98.0 Å². The van der Waals surface area contributed by atoms with Crippen molar-refractivity contribution in [1.29, 1.82) is 0 Å². The molecule has 1 aromatic carbocycles. The van der Waals surface area contributed by atoms with E-state index in [1.165, 1.54) is 0 Å². The zero-order chi connectivity index (χ0) is 12.3. The van der Waals surface area contributed by atoms with Crippen molar-refractivity contribution in [3.63, 3.8) is 0 Å². The maximum absolute atomic E-state index is 12.9. The fraction of sp³-hybridized carbons (Fsp3) is 0.417. The second-order valence-electron chi connectivity index (χ2n) is 3.98. The number of likely N-dealkylation sites (tertiary alicyclic amines) is 1. The third kappa shape index (κ3) is 2.93. The standard InChI is InChI=1S/C12H13F2NO2/c13-10-6-15(7-11(10)14)12(16)17-8-9-4-2-1-3-5-9/h1-5,10-11H,6-8H2. The minimum Gasteiger partial charge on any atom is -0.445 e. The van der Waals surface area contributed by atoms with Gasteiger partial charge in [-0.2, -0.15) is 0 Å². The third-order valence-corrected chi connectivity index (χ3v) is 2.65. The summed E-state index contributed by atoms with van der Waals surface area (Å²) in [4.78, 5) is 12.5. The molecule has 0 N–H and O–H groups in total. The molecule has 0 aromatic heterocycles. The molecule has 1 amide bonds. The number of hydrogen-bond donors (Lipinski definition) is 0. The molecule has 1 heterocycles. The van der Waals surface area contributed by atoms with Crippen LogP contribution < -0.4 is 0 Å². The predicted molar refractivity (Wildman–Crippen MR) is 58.0 cm³/mol. The van der Waals surface area contributed by atoms with Crippen molar-refractivity contribution < 1.29 is 18.3 Å². The summed E-state index contributed by atoms with van der Waals surface area (Å²) in [7, 11) is 0. The second kappa shape index (κ2) is 5.12. The molecule has 0 aliphatic carbocycles. The molecule has 1 saturated heterocycles. The van der Waals surface area contributed by atoms with Crippen LogP contribution in [0.2, 0.25) is 0 Å².